The minimum absolute atomic E-state index is 0. The normalized spacial score (nSPS) is 15.1. The minimum atomic E-state index is -0.488. The van der Waals surface area contributed by atoms with Crippen molar-refractivity contribution in [2.75, 3.05) is 0 Å². The van der Waals surface area contributed by atoms with E-state index in [-0.39, 0.29) is 12.4 Å². The molecular formula is C23H23ClN4O2. The molecule has 2 aromatic carbocycles. The second-order valence-corrected chi connectivity index (χ2v) is 7.73. The fraction of sp³-hybridized carbons (Fsp3) is 0.261. The van der Waals surface area contributed by atoms with Gasteiger partial charge in [-0.25, -0.2) is 4.98 Å². The first kappa shape index (κ1) is 20.3. The zero-order valence-electron chi connectivity index (χ0n) is 16.7. The van der Waals surface area contributed by atoms with Gasteiger partial charge in [0.05, 0.1) is 17.3 Å². The van der Waals surface area contributed by atoms with Crippen molar-refractivity contribution in [1.82, 2.24) is 15.1 Å². The van der Waals surface area contributed by atoms with Crippen LogP contribution in [0.4, 0.5) is 0 Å². The first-order valence-corrected chi connectivity index (χ1v) is 9.88. The average molecular weight is 423 g/mol. The Hall–Kier alpha value is -2.96. The van der Waals surface area contributed by atoms with E-state index in [4.69, 9.17) is 14.7 Å². The topological polar surface area (TPSA) is 91.0 Å². The summed E-state index contributed by atoms with van der Waals surface area (Å²) in [4.78, 5) is 9.11. The van der Waals surface area contributed by atoms with E-state index >= 15 is 0 Å². The van der Waals surface area contributed by atoms with Gasteiger partial charge in [0.1, 0.15) is 0 Å². The zero-order valence-corrected chi connectivity index (χ0v) is 17.5. The predicted octanol–water partition coefficient (Wildman–Crippen LogP) is 5.52. The Labute approximate surface area is 180 Å². The van der Waals surface area contributed by atoms with Gasteiger partial charge in [0, 0.05) is 11.1 Å². The lowest BCUT2D eigenvalue weighted by Gasteiger charge is -2.17. The van der Waals surface area contributed by atoms with Crippen LogP contribution in [0.5, 0.6) is 0 Å². The van der Waals surface area contributed by atoms with Gasteiger partial charge in [-0.1, -0.05) is 60.0 Å². The summed E-state index contributed by atoms with van der Waals surface area (Å²) < 4.78 is 11.6. The highest BCUT2D eigenvalue weighted by molar-refractivity contribution is 5.85. The molecule has 2 aromatic heterocycles. The first-order chi connectivity index (χ1) is 14.1. The standard InChI is InChI=1S/C23H22N4O2.ClH/c1-15-8-10-16(11-9-15)19-14-25-20(28-19)17-6-2-3-7-18(17)21-26-22(27-29-21)23(24)12-4-5-13-23;/h2-3,6-11,14H,4-5,12-13,24H2,1H3;1H. The van der Waals surface area contributed by atoms with Crippen LogP contribution in [-0.4, -0.2) is 15.1 Å². The molecule has 1 aliphatic rings. The van der Waals surface area contributed by atoms with Crippen molar-refractivity contribution in [1.29, 1.82) is 0 Å². The van der Waals surface area contributed by atoms with Gasteiger partial charge in [0.25, 0.3) is 5.89 Å². The molecule has 30 heavy (non-hydrogen) atoms. The molecule has 2 heterocycles. The quantitative estimate of drug-likeness (QED) is 0.465. The largest absolute Gasteiger partial charge is 0.436 e. The third-order valence-corrected chi connectivity index (χ3v) is 5.60. The SMILES string of the molecule is Cc1ccc(-c2cnc(-c3ccccc3-c3nc(C4(N)CCCC4)no3)o2)cc1.Cl. The number of aromatic nitrogens is 3. The van der Waals surface area contributed by atoms with Crippen LogP contribution >= 0.6 is 12.4 Å². The molecule has 0 aliphatic heterocycles. The van der Waals surface area contributed by atoms with Gasteiger partial charge >= 0.3 is 0 Å². The van der Waals surface area contributed by atoms with Gasteiger partial charge in [0.15, 0.2) is 11.6 Å². The molecule has 0 unspecified atom stereocenters. The van der Waals surface area contributed by atoms with Crippen molar-refractivity contribution in [2.45, 2.75) is 38.1 Å². The number of oxazole rings is 1. The summed E-state index contributed by atoms with van der Waals surface area (Å²) in [5.41, 5.74) is 9.77. The molecule has 4 aromatic rings. The molecule has 0 spiro atoms. The number of aryl methyl sites for hydroxylation is 1. The fourth-order valence-electron chi connectivity index (χ4n) is 3.87. The Morgan fingerprint density at radius 2 is 1.60 bits per heavy atom. The smallest absolute Gasteiger partial charge is 0.258 e. The van der Waals surface area contributed by atoms with Gasteiger partial charge in [-0.15, -0.1) is 12.4 Å². The van der Waals surface area contributed by atoms with Crippen molar-refractivity contribution in [3.63, 3.8) is 0 Å². The average Bonchev–Trinajstić information content (AvgIpc) is 3.50. The monoisotopic (exact) mass is 422 g/mol. The third kappa shape index (κ3) is 3.64. The number of nitrogens with zero attached hydrogens (tertiary/aromatic N) is 3. The summed E-state index contributed by atoms with van der Waals surface area (Å²) in [5.74, 6) is 2.24. The lowest BCUT2D eigenvalue weighted by molar-refractivity contribution is 0.372. The maximum absolute atomic E-state index is 6.48. The van der Waals surface area contributed by atoms with Crippen molar-refractivity contribution in [3.8, 4) is 34.2 Å². The lowest BCUT2D eigenvalue weighted by Crippen LogP contribution is -2.34. The molecule has 0 radical (unpaired) electrons. The minimum Gasteiger partial charge on any atom is -0.436 e. The van der Waals surface area contributed by atoms with Crippen LogP contribution < -0.4 is 5.73 Å². The van der Waals surface area contributed by atoms with Crippen LogP contribution in [0, 0.1) is 6.92 Å². The molecule has 5 rings (SSSR count). The van der Waals surface area contributed by atoms with Crippen molar-refractivity contribution in [2.24, 2.45) is 5.73 Å². The van der Waals surface area contributed by atoms with E-state index in [0.717, 1.165) is 42.4 Å². The van der Waals surface area contributed by atoms with E-state index in [1.54, 1.807) is 6.20 Å². The summed E-state index contributed by atoms with van der Waals surface area (Å²) in [6, 6.07) is 15.9. The second-order valence-electron chi connectivity index (χ2n) is 7.73. The Balaban J connectivity index is 0.00000218. The number of rotatable bonds is 4. The number of hydrogen-bond acceptors (Lipinski definition) is 6. The van der Waals surface area contributed by atoms with Crippen LogP contribution in [0.25, 0.3) is 34.2 Å². The number of benzene rings is 2. The molecule has 0 saturated heterocycles. The van der Waals surface area contributed by atoms with Crippen molar-refractivity contribution < 1.29 is 8.94 Å². The van der Waals surface area contributed by atoms with E-state index < -0.39 is 5.54 Å². The van der Waals surface area contributed by atoms with Crippen LogP contribution in [0.15, 0.2) is 63.7 Å². The van der Waals surface area contributed by atoms with E-state index in [2.05, 4.69) is 34.2 Å². The molecule has 7 heteroatoms. The van der Waals surface area contributed by atoms with Gasteiger partial charge in [0.2, 0.25) is 5.89 Å². The van der Waals surface area contributed by atoms with E-state index in [1.807, 2.05) is 36.4 Å². The van der Waals surface area contributed by atoms with Gasteiger partial charge in [-0.3, -0.25) is 0 Å². The molecule has 0 atom stereocenters. The predicted molar refractivity (Wildman–Crippen MR) is 117 cm³/mol. The molecule has 2 N–H and O–H groups in total. The Kier molecular flexibility index (Phi) is 5.45. The van der Waals surface area contributed by atoms with Crippen LogP contribution in [0.1, 0.15) is 37.1 Å². The number of nitrogens with two attached hydrogens (primary N) is 1. The summed E-state index contributed by atoms with van der Waals surface area (Å²) in [5, 5.41) is 4.18. The van der Waals surface area contributed by atoms with Crippen LogP contribution in [0.2, 0.25) is 0 Å². The molecule has 1 fully saturated rings. The Bertz CT molecular complexity index is 1140. The van der Waals surface area contributed by atoms with Crippen LogP contribution in [0.3, 0.4) is 0 Å². The maximum Gasteiger partial charge on any atom is 0.258 e. The highest BCUT2D eigenvalue weighted by atomic mass is 35.5. The van der Waals surface area contributed by atoms with E-state index in [1.165, 1.54) is 5.56 Å². The molecule has 1 saturated carbocycles. The molecular weight excluding hydrogens is 400 g/mol. The third-order valence-electron chi connectivity index (χ3n) is 5.60. The first-order valence-electron chi connectivity index (χ1n) is 9.88. The molecule has 6 nitrogen and oxygen atoms in total. The highest BCUT2D eigenvalue weighted by Gasteiger charge is 2.36. The lowest BCUT2D eigenvalue weighted by atomic mass is 9.98. The van der Waals surface area contributed by atoms with Crippen molar-refractivity contribution in [3.05, 3.63) is 66.1 Å². The Morgan fingerprint density at radius 1 is 0.933 bits per heavy atom. The molecule has 154 valence electrons. The summed E-state index contributed by atoms with van der Waals surface area (Å²) in [6.07, 6.45) is 5.69. The van der Waals surface area contributed by atoms with Gasteiger partial charge < -0.3 is 14.7 Å². The zero-order chi connectivity index (χ0) is 19.8. The number of halogens is 1. The Morgan fingerprint density at radius 3 is 2.30 bits per heavy atom. The fourth-order valence-corrected chi connectivity index (χ4v) is 3.87. The second kappa shape index (κ2) is 8.05. The van der Waals surface area contributed by atoms with E-state index in [0.29, 0.717) is 23.4 Å². The molecule has 0 amide bonds. The summed E-state index contributed by atoms with van der Waals surface area (Å²) in [7, 11) is 0. The van der Waals surface area contributed by atoms with Crippen molar-refractivity contribution >= 4 is 12.4 Å². The van der Waals surface area contributed by atoms with E-state index in [9.17, 15) is 0 Å². The maximum atomic E-state index is 6.48. The van der Waals surface area contributed by atoms with Gasteiger partial charge in [-0.2, -0.15) is 4.98 Å². The van der Waals surface area contributed by atoms with Crippen LogP contribution in [-0.2, 0) is 5.54 Å². The van der Waals surface area contributed by atoms with Gasteiger partial charge in [-0.05, 0) is 31.9 Å². The highest BCUT2D eigenvalue weighted by Crippen LogP contribution is 2.37. The summed E-state index contributed by atoms with van der Waals surface area (Å²) in [6.45, 7) is 2.06. The number of hydrogen-bond donors (Lipinski definition) is 1. The molecule has 0 bridgehead atoms. The summed E-state index contributed by atoms with van der Waals surface area (Å²) >= 11 is 0. The molecule has 1 aliphatic carbocycles.